The number of hydrogen-bond donors (Lipinski definition) is 4. The summed E-state index contributed by atoms with van der Waals surface area (Å²) < 4.78 is 0. The quantitative estimate of drug-likeness (QED) is 0.433. The molecule has 2 rings (SSSR count). The van der Waals surface area contributed by atoms with Crippen molar-refractivity contribution in [2.24, 2.45) is 0 Å². The average Bonchev–Trinajstić information content (AvgIpc) is 2.56. The summed E-state index contributed by atoms with van der Waals surface area (Å²) in [6, 6.07) is -2.18. The van der Waals surface area contributed by atoms with E-state index in [4.69, 9.17) is 0 Å². The number of amides is 4. The predicted octanol–water partition coefficient (Wildman–Crippen LogP) is -2.13. The van der Waals surface area contributed by atoms with Crippen LogP contribution in [0.15, 0.2) is 0 Å². The monoisotopic (exact) mass is 340 g/mol. The van der Waals surface area contributed by atoms with Gasteiger partial charge in [0.1, 0.15) is 12.1 Å². The van der Waals surface area contributed by atoms with E-state index in [2.05, 4.69) is 16.0 Å². The van der Waals surface area contributed by atoms with Crippen LogP contribution in [0, 0.1) is 0 Å². The van der Waals surface area contributed by atoms with Crippen molar-refractivity contribution in [2.75, 3.05) is 19.7 Å². The van der Waals surface area contributed by atoms with Crippen LogP contribution in [0.25, 0.3) is 0 Å². The lowest BCUT2D eigenvalue weighted by Crippen LogP contribution is -2.58. The average molecular weight is 340 g/mol. The van der Waals surface area contributed by atoms with Gasteiger partial charge in [0.05, 0.1) is 6.61 Å². The minimum Gasteiger partial charge on any atom is -0.394 e. The second-order valence-electron chi connectivity index (χ2n) is 6.22. The second-order valence-corrected chi connectivity index (χ2v) is 6.22. The lowest BCUT2D eigenvalue weighted by atomic mass is 10.0. The van der Waals surface area contributed by atoms with E-state index in [0.29, 0.717) is 13.1 Å². The minimum absolute atomic E-state index is 0.00735. The normalized spacial score (nSPS) is 30.1. The van der Waals surface area contributed by atoms with Gasteiger partial charge in [0.2, 0.25) is 23.6 Å². The molecule has 3 atom stereocenters. The first-order chi connectivity index (χ1) is 11.4. The fraction of sp³-hybridized carbons (Fsp3) is 0.733. The molecular formula is C15H24N4O5. The maximum atomic E-state index is 12.2. The van der Waals surface area contributed by atoms with Crippen molar-refractivity contribution in [2.45, 2.75) is 50.7 Å². The molecule has 134 valence electrons. The van der Waals surface area contributed by atoms with Gasteiger partial charge in [0, 0.05) is 32.0 Å². The molecule has 4 amide bonds. The van der Waals surface area contributed by atoms with Crippen molar-refractivity contribution < 1.29 is 24.3 Å². The third-order valence-corrected chi connectivity index (χ3v) is 4.27. The molecule has 0 aromatic carbocycles. The summed E-state index contributed by atoms with van der Waals surface area (Å²) in [5.41, 5.74) is 0. The van der Waals surface area contributed by atoms with Gasteiger partial charge >= 0.3 is 0 Å². The fourth-order valence-corrected chi connectivity index (χ4v) is 2.87. The van der Waals surface area contributed by atoms with Crippen LogP contribution in [0.2, 0.25) is 0 Å². The SMILES string of the molecule is CC1NC(=O)CCC(=O)N2CCCC(C2)NC(=O)C(CO)NC1=O. The largest absolute Gasteiger partial charge is 0.394 e. The van der Waals surface area contributed by atoms with E-state index in [1.54, 1.807) is 4.90 Å². The highest BCUT2D eigenvalue weighted by atomic mass is 16.3. The van der Waals surface area contributed by atoms with Gasteiger partial charge in [-0.3, -0.25) is 19.2 Å². The van der Waals surface area contributed by atoms with Crippen molar-refractivity contribution in [3.05, 3.63) is 0 Å². The molecular weight excluding hydrogens is 316 g/mol. The Morgan fingerprint density at radius 3 is 2.54 bits per heavy atom. The Morgan fingerprint density at radius 2 is 1.83 bits per heavy atom. The number of hydrogen-bond acceptors (Lipinski definition) is 5. The maximum Gasteiger partial charge on any atom is 0.245 e. The number of nitrogens with one attached hydrogen (secondary N) is 3. The van der Waals surface area contributed by atoms with E-state index in [1.807, 2.05) is 0 Å². The predicted molar refractivity (Wildman–Crippen MR) is 83.6 cm³/mol. The van der Waals surface area contributed by atoms with Crippen LogP contribution in [0.3, 0.4) is 0 Å². The highest BCUT2D eigenvalue weighted by Crippen LogP contribution is 2.12. The molecule has 0 aromatic heterocycles. The third-order valence-electron chi connectivity index (χ3n) is 4.27. The summed E-state index contributed by atoms with van der Waals surface area (Å²) in [6.07, 6.45) is 1.54. The van der Waals surface area contributed by atoms with E-state index < -0.39 is 36.4 Å². The van der Waals surface area contributed by atoms with Gasteiger partial charge in [-0.25, -0.2) is 0 Å². The molecule has 2 saturated heterocycles. The summed E-state index contributed by atoms with van der Waals surface area (Å²) in [7, 11) is 0. The van der Waals surface area contributed by atoms with Crippen molar-refractivity contribution in [3.8, 4) is 0 Å². The Hall–Kier alpha value is -2.16. The first-order valence-corrected chi connectivity index (χ1v) is 8.19. The summed E-state index contributed by atoms with van der Waals surface area (Å²) in [6.45, 7) is 1.90. The molecule has 0 saturated carbocycles. The topological polar surface area (TPSA) is 128 Å². The first kappa shape index (κ1) is 18.2. The molecule has 0 spiro atoms. The molecule has 2 aliphatic rings. The first-order valence-electron chi connectivity index (χ1n) is 8.19. The van der Waals surface area contributed by atoms with Crippen LogP contribution < -0.4 is 16.0 Å². The summed E-state index contributed by atoms with van der Waals surface area (Å²) in [5, 5.41) is 17.0. The number of nitrogens with zero attached hydrogens (tertiary/aromatic N) is 1. The Labute approximate surface area is 140 Å². The van der Waals surface area contributed by atoms with Gasteiger partial charge in [-0.2, -0.15) is 0 Å². The van der Waals surface area contributed by atoms with Crippen molar-refractivity contribution in [3.63, 3.8) is 0 Å². The smallest absolute Gasteiger partial charge is 0.245 e. The summed E-state index contributed by atoms with van der Waals surface area (Å²) in [5.74, 6) is -1.61. The molecule has 9 heteroatoms. The van der Waals surface area contributed by atoms with Crippen molar-refractivity contribution in [1.29, 1.82) is 0 Å². The Bertz CT molecular complexity index is 524. The Kier molecular flexibility index (Phi) is 6.13. The molecule has 2 aliphatic heterocycles. The number of rotatable bonds is 1. The zero-order valence-corrected chi connectivity index (χ0v) is 13.7. The molecule has 2 heterocycles. The Morgan fingerprint density at radius 1 is 1.08 bits per heavy atom. The standard InChI is InChI=1S/C15H24N4O5/c1-9-14(23)18-11(8-20)15(24)17-10-3-2-6-19(7-10)13(22)5-4-12(21)16-9/h9-11,20H,2-8H2,1H3,(H,16,21)(H,17,24)(H,18,23). The Balaban J connectivity index is 2.15. The number of carbonyl (C=O) groups is 4. The summed E-state index contributed by atoms with van der Waals surface area (Å²) in [4.78, 5) is 50.0. The number of fused-ring (bicyclic) bond motifs is 2. The molecule has 2 fully saturated rings. The van der Waals surface area contributed by atoms with Crippen molar-refractivity contribution in [1.82, 2.24) is 20.9 Å². The molecule has 4 N–H and O–H groups in total. The van der Waals surface area contributed by atoms with Crippen LogP contribution in [-0.4, -0.2) is 71.5 Å². The van der Waals surface area contributed by atoms with Crippen LogP contribution in [0.5, 0.6) is 0 Å². The van der Waals surface area contributed by atoms with Crippen LogP contribution in [-0.2, 0) is 19.2 Å². The number of aliphatic hydroxyl groups is 1. The van der Waals surface area contributed by atoms with E-state index >= 15 is 0 Å². The van der Waals surface area contributed by atoms with Gasteiger partial charge < -0.3 is 26.0 Å². The second kappa shape index (κ2) is 8.09. The minimum atomic E-state index is -1.09. The number of piperidine rings is 1. The van der Waals surface area contributed by atoms with E-state index in [1.165, 1.54) is 6.92 Å². The highest BCUT2D eigenvalue weighted by Gasteiger charge is 2.29. The van der Waals surface area contributed by atoms with Gasteiger partial charge in [-0.1, -0.05) is 0 Å². The van der Waals surface area contributed by atoms with Crippen LogP contribution >= 0.6 is 0 Å². The molecule has 0 aromatic rings. The van der Waals surface area contributed by atoms with Gasteiger partial charge in [-0.05, 0) is 19.8 Å². The van der Waals surface area contributed by atoms with Gasteiger partial charge in [0.15, 0.2) is 0 Å². The molecule has 9 nitrogen and oxygen atoms in total. The molecule has 2 bridgehead atoms. The fourth-order valence-electron chi connectivity index (χ4n) is 2.87. The number of carbonyl (C=O) groups excluding carboxylic acids is 4. The maximum absolute atomic E-state index is 12.2. The zero-order valence-electron chi connectivity index (χ0n) is 13.7. The number of aliphatic hydroxyl groups excluding tert-OH is 1. The van der Waals surface area contributed by atoms with E-state index in [9.17, 15) is 24.3 Å². The molecule has 0 aliphatic carbocycles. The zero-order chi connectivity index (χ0) is 17.7. The van der Waals surface area contributed by atoms with Crippen LogP contribution in [0.4, 0.5) is 0 Å². The highest BCUT2D eigenvalue weighted by molar-refractivity contribution is 5.92. The molecule has 0 radical (unpaired) electrons. The van der Waals surface area contributed by atoms with Crippen molar-refractivity contribution >= 4 is 23.6 Å². The van der Waals surface area contributed by atoms with E-state index in [-0.39, 0.29) is 24.8 Å². The lowest BCUT2D eigenvalue weighted by molar-refractivity contribution is -0.137. The molecule has 3 unspecified atom stereocenters. The summed E-state index contributed by atoms with van der Waals surface area (Å²) >= 11 is 0. The lowest BCUT2D eigenvalue weighted by Gasteiger charge is -2.34. The van der Waals surface area contributed by atoms with Crippen LogP contribution in [0.1, 0.15) is 32.6 Å². The van der Waals surface area contributed by atoms with E-state index in [0.717, 1.165) is 12.8 Å². The third kappa shape index (κ3) is 4.67. The van der Waals surface area contributed by atoms with Gasteiger partial charge in [0.25, 0.3) is 0 Å². The molecule has 24 heavy (non-hydrogen) atoms. The van der Waals surface area contributed by atoms with Gasteiger partial charge in [-0.15, -0.1) is 0 Å².